The van der Waals surface area contributed by atoms with Crippen LogP contribution in [0.25, 0.3) is 0 Å². The van der Waals surface area contributed by atoms with Crippen molar-refractivity contribution in [1.29, 1.82) is 0 Å². The second-order valence-corrected chi connectivity index (χ2v) is 7.58. The average molecular weight is 313 g/mol. The van der Waals surface area contributed by atoms with Crippen LogP contribution in [0, 0.1) is 0 Å². The second kappa shape index (κ2) is 7.13. The van der Waals surface area contributed by atoms with Crippen molar-refractivity contribution < 1.29 is 17.9 Å². The number of methoxy groups -OCH3 is 2. The quantitative estimate of drug-likeness (QED) is 0.860. The predicted molar refractivity (Wildman–Crippen MR) is 82.9 cm³/mol. The fourth-order valence-electron chi connectivity index (χ4n) is 2.64. The van der Waals surface area contributed by atoms with Crippen LogP contribution in [0.5, 0.6) is 11.5 Å². The van der Waals surface area contributed by atoms with Crippen molar-refractivity contribution in [2.75, 3.05) is 32.3 Å². The number of benzene rings is 1. The minimum absolute atomic E-state index is 0.0869. The highest BCUT2D eigenvalue weighted by Gasteiger charge is 2.23. The Hall–Kier alpha value is -1.27. The van der Waals surface area contributed by atoms with E-state index in [1.165, 1.54) is 0 Å². The van der Waals surface area contributed by atoms with Crippen LogP contribution >= 0.6 is 0 Å². The molecule has 1 saturated heterocycles. The lowest BCUT2D eigenvalue weighted by molar-refractivity contribution is 0.354. The Morgan fingerprint density at radius 3 is 2.67 bits per heavy atom. The number of hydrogen-bond donors (Lipinski definition) is 1. The molecular weight excluding hydrogens is 290 g/mol. The van der Waals surface area contributed by atoms with Gasteiger partial charge >= 0.3 is 0 Å². The van der Waals surface area contributed by atoms with Crippen LogP contribution in [0.1, 0.15) is 18.4 Å². The van der Waals surface area contributed by atoms with Gasteiger partial charge in [-0.1, -0.05) is 6.07 Å². The van der Waals surface area contributed by atoms with Crippen LogP contribution in [-0.2, 0) is 16.3 Å². The third kappa shape index (κ3) is 4.61. The monoisotopic (exact) mass is 313 g/mol. The van der Waals surface area contributed by atoms with Crippen LogP contribution in [0.4, 0.5) is 0 Å². The summed E-state index contributed by atoms with van der Waals surface area (Å²) in [5.74, 6) is 2.03. The molecule has 0 saturated carbocycles. The van der Waals surface area contributed by atoms with Crippen molar-refractivity contribution in [2.24, 2.45) is 0 Å². The Kier molecular flexibility index (Phi) is 5.47. The molecule has 6 heteroatoms. The molecule has 1 heterocycles. The molecule has 1 atom stereocenters. The first-order valence-corrected chi connectivity index (χ1v) is 9.01. The average Bonchev–Trinajstić information content (AvgIpc) is 2.46. The molecule has 0 spiro atoms. The van der Waals surface area contributed by atoms with Crippen molar-refractivity contribution in [1.82, 2.24) is 5.32 Å². The maximum atomic E-state index is 11.6. The summed E-state index contributed by atoms with van der Waals surface area (Å²) in [6.45, 7) is 0.760. The van der Waals surface area contributed by atoms with Crippen molar-refractivity contribution in [3.05, 3.63) is 23.8 Å². The Morgan fingerprint density at radius 1 is 1.24 bits per heavy atom. The van der Waals surface area contributed by atoms with E-state index in [9.17, 15) is 8.42 Å². The molecule has 5 nitrogen and oxygen atoms in total. The lowest BCUT2D eigenvalue weighted by atomic mass is 10.1. The molecule has 0 aliphatic carbocycles. The minimum Gasteiger partial charge on any atom is -0.493 e. The third-order valence-electron chi connectivity index (χ3n) is 3.76. The first-order valence-electron chi connectivity index (χ1n) is 7.19. The Morgan fingerprint density at radius 2 is 2.00 bits per heavy atom. The topological polar surface area (TPSA) is 64.6 Å². The van der Waals surface area contributed by atoms with Crippen molar-refractivity contribution in [3.8, 4) is 11.5 Å². The van der Waals surface area contributed by atoms with Gasteiger partial charge in [-0.3, -0.25) is 0 Å². The summed E-state index contributed by atoms with van der Waals surface area (Å²) in [6, 6.07) is 5.93. The SMILES string of the molecule is COc1ccc(CCN[C@@H]2CCCS(=O)(=O)C2)cc1OC. The maximum absolute atomic E-state index is 11.6. The Bertz CT molecular complexity index is 571. The fourth-order valence-corrected chi connectivity index (χ4v) is 4.31. The lowest BCUT2D eigenvalue weighted by Gasteiger charge is -2.23. The van der Waals surface area contributed by atoms with E-state index < -0.39 is 9.84 Å². The van der Waals surface area contributed by atoms with E-state index >= 15 is 0 Å². The minimum atomic E-state index is -2.85. The van der Waals surface area contributed by atoms with E-state index in [0.29, 0.717) is 11.5 Å². The molecule has 2 rings (SSSR count). The van der Waals surface area contributed by atoms with Crippen LogP contribution < -0.4 is 14.8 Å². The summed E-state index contributed by atoms with van der Waals surface area (Å²) < 4.78 is 33.6. The van der Waals surface area contributed by atoms with Gasteiger partial charge < -0.3 is 14.8 Å². The third-order valence-corrected chi connectivity index (χ3v) is 5.58. The number of ether oxygens (including phenoxy) is 2. The van der Waals surface area contributed by atoms with Crippen LogP contribution in [0.3, 0.4) is 0 Å². The van der Waals surface area contributed by atoms with Crippen molar-refractivity contribution in [2.45, 2.75) is 25.3 Å². The van der Waals surface area contributed by atoms with Gasteiger partial charge in [-0.15, -0.1) is 0 Å². The summed E-state index contributed by atoms with van der Waals surface area (Å²) in [6.07, 6.45) is 2.53. The first kappa shape index (κ1) is 16.1. The molecule has 118 valence electrons. The van der Waals surface area contributed by atoms with E-state index in [4.69, 9.17) is 9.47 Å². The molecule has 0 bridgehead atoms. The highest BCUT2D eigenvalue weighted by molar-refractivity contribution is 7.91. The number of nitrogens with one attached hydrogen (secondary N) is 1. The Labute approximate surface area is 126 Å². The summed E-state index contributed by atoms with van der Waals surface area (Å²) in [5.41, 5.74) is 1.14. The zero-order chi connectivity index (χ0) is 15.3. The molecule has 1 aliphatic rings. The fraction of sp³-hybridized carbons (Fsp3) is 0.600. The summed E-state index contributed by atoms with van der Waals surface area (Å²) >= 11 is 0. The molecule has 1 fully saturated rings. The van der Waals surface area contributed by atoms with Gasteiger partial charge in [-0.25, -0.2) is 8.42 Å². The standard InChI is InChI=1S/C15H23NO4S/c1-19-14-6-5-12(10-15(14)20-2)7-8-16-13-4-3-9-21(17,18)11-13/h5-6,10,13,16H,3-4,7-9,11H2,1-2H3/t13-/m1/s1. The van der Waals surface area contributed by atoms with Crippen molar-refractivity contribution in [3.63, 3.8) is 0 Å². The number of hydrogen-bond acceptors (Lipinski definition) is 5. The molecule has 1 aliphatic heterocycles. The normalized spacial score (nSPS) is 21.0. The van der Waals surface area contributed by atoms with Crippen molar-refractivity contribution >= 4 is 9.84 Å². The van der Waals surface area contributed by atoms with Crippen LogP contribution in [0.15, 0.2) is 18.2 Å². The molecule has 0 amide bonds. The first-order chi connectivity index (χ1) is 10.0. The smallest absolute Gasteiger partial charge is 0.160 e. The van der Waals surface area contributed by atoms with E-state index in [1.807, 2.05) is 18.2 Å². The van der Waals surface area contributed by atoms with E-state index in [-0.39, 0.29) is 11.8 Å². The summed E-state index contributed by atoms with van der Waals surface area (Å²) in [4.78, 5) is 0. The molecule has 0 unspecified atom stereocenters. The molecule has 1 aromatic carbocycles. The molecular formula is C15H23NO4S. The predicted octanol–water partition coefficient (Wildman–Crippen LogP) is 1.41. The van der Waals surface area contributed by atoms with E-state index in [0.717, 1.165) is 37.1 Å². The van der Waals surface area contributed by atoms with Gasteiger partial charge in [0.05, 0.1) is 25.7 Å². The lowest BCUT2D eigenvalue weighted by Crippen LogP contribution is -2.40. The summed E-state index contributed by atoms with van der Waals surface area (Å²) in [7, 11) is 0.386. The number of sulfone groups is 1. The van der Waals surface area contributed by atoms with Gasteiger partial charge in [0.25, 0.3) is 0 Å². The van der Waals surface area contributed by atoms with Gasteiger partial charge in [-0.05, 0) is 43.5 Å². The van der Waals surface area contributed by atoms with Gasteiger partial charge in [0.15, 0.2) is 21.3 Å². The van der Waals surface area contributed by atoms with Gasteiger partial charge in [-0.2, -0.15) is 0 Å². The van der Waals surface area contributed by atoms with Crippen LogP contribution in [-0.4, -0.2) is 46.7 Å². The summed E-state index contributed by atoms with van der Waals surface area (Å²) in [5, 5.41) is 3.34. The maximum Gasteiger partial charge on any atom is 0.160 e. The zero-order valence-electron chi connectivity index (χ0n) is 12.6. The zero-order valence-corrected chi connectivity index (χ0v) is 13.4. The van der Waals surface area contributed by atoms with E-state index in [2.05, 4.69) is 5.32 Å². The molecule has 1 aromatic rings. The van der Waals surface area contributed by atoms with E-state index in [1.54, 1.807) is 14.2 Å². The van der Waals surface area contributed by atoms with Gasteiger partial charge in [0, 0.05) is 6.04 Å². The molecule has 0 aromatic heterocycles. The molecule has 1 N–H and O–H groups in total. The number of rotatable bonds is 6. The highest BCUT2D eigenvalue weighted by atomic mass is 32.2. The second-order valence-electron chi connectivity index (χ2n) is 5.35. The molecule has 21 heavy (non-hydrogen) atoms. The molecule has 0 radical (unpaired) electrons. The Balaban J connectivity index is 1.86. The highest BCUT2D eigenvalue weighted by Crippen LogP contribution is 2.27. The van der Waals surface area contributed by atoms with Gasteiger partial charge in [0.1, 0.15) is 0 Å². The largest absolute Gasteiger partial charge is 0.493 e. The van der Waals surface area contributed by atoms with Gasteiger partial charge in [0.2, 0.25) is 0 Å². The van der Waals surface area contributed by atoms with Crippen LogP contribution in [0.2, 0.25) is 0 Å².